The minimum absolute atomic E-state index is 0. The predicted octanol–water partition coefficient (Wildman–Crippen LogP) is -1.67. The van der Waals surface area contributed by atoms with E-state index in [0.717, 1.165) is 0 Å². The summed E-state index contributed by atoms with van der Waals surface area (Å²) in [5, 5.41) is 14.4. The summed E-state index contributed by atoms with van der Waals surface area (Å²) in [4.78, 5) is 16.1. The minimum atomic E-state index is -0.181. The average molecular weight is 277 g/mol. The third-order valence-corrected chi connectivity index (χ3v) is 0.475. The van der Waals surface area contributed by atoms with E-state index in [9.17, 15) is 0 Å². The molecule has 0 radical (unpaired) electrons. The van der Waals surface area contributed by atoms with Gasteiger partial charge in [0.25, 0.3) is 6.47 Å². The van der Waals surface area contributed by atoms with Crippen molar-refractivity contribution in [1.82, 2.24) is 4.72 Å². The van der Waals surface area contributed by atoms with Crippen LogP contribution >= 0.6 is 12.8 Å². The molecule has 17 heavy (non-hydrogen) atoms. The number of carbonyl (C=O) groups excluding carboxylic acids is 1. The van der Waals surface area contributed by atoms with E-state index in [-0.39, 0.29) is 57.6 Å². The van der Waals surface area contributed by atoms with E-state index in [1.165, 1.54) is 7.05 Å². The summed E-state index contributed by atoms with van der Waals surface area (Å²) in [6, 6.07) is 0. The van der Waals surface area contributed by atoms with E-state index in [2.05, 4.69) is 42.5 Å². The first-order valence-electron chi connectivity index (χ1n) is 2.78. The topological polar surface area (TPSA) is 159 Å². The van der Waals surface area contributed by atoms with Crippen LogP contribution in [0.5, 0.6) is 0 Å². The van der Waals surface area contributed by atoms with Crippen molar-refractivity contribution in [2.45, 2.75) is 14.9 Å². The Labute approximate surface area is 128 Å². The molecular formula is C5H16N7NaO3S. The van der Waals surface area contributed by atoms with Gasteiger partial charge in [-0.15, -0.1) is 0 Å². The van der Waals surface area contributed by atoms with E-state index in [1.54, 1.807) is 0 Å². The van der Waals surface area contributed by atoms with Gasteiger partial charge in [-0.2, -0.15) is 0 Å². The van der Waals surface area contributed by atoms with Gasteiger partial charge in [0.2, 0.25) is 0 Å². The maximum Gasteiger partial charge on any atom is 1.00 e. The predicted molar refractivity (Wildman–Crippen MR) is 61.8 cm³/mol. The molecule has 0 spiro atoms. The van der Waals surface area contributed by atoms with Crippen molar-refractivity contribution in [2.24, 2.45) is 10.2 Å². The van der Waals surface area contributed by atoms with E-state index in [1.807, 2.05) is 0 Å². The summed E-state index contributed by atoms with van der Waals surface area (Å²) in [5.74, 6) is 0. The Kier molecular flexibility index (Phi) is 124. The van der Waals surface area contributed by atoms with Crippen LogP contribution in [0.3, 0.4) is 0 Å². The molecule has 0 bridgehead atoms. The molecule has 0 amide bonds. The SMILES string of the molecule is C.C.CN=[N+]=[N-].O=CO[O-].[N-]=[N+]=NCNS.[Na+]. The Balaban J connectivity index is -0.0000000252. The van der Waals surface area contributed by atoms with Gasteiger partial charge in [-0.05, 0) is 11.1 Å². The summed E-state index contributed by atoms with van der Waals surface area (Å²) in [5.41, 5.74) is 14.9. The number of nitrogens with zero attached hydrogens (tertiary/aromatic N) is 6. The van der Waals surface area contributed by atoms with Crippen molar-refractivity contribution in [3.63, 3.8) is 0 Å². The van der Waals surface area contributed by atoms with Crippen molar-refractivity contribution < 1.29 is 44.5 Å². The molecule has 0 aromatic carbocycles. The molecule has 0 heterocycles. The maximum atomic E-state index is 8.64. The van der Waals surface area contributed by atoms with Gasteiger partial charge in [-0.1, -0.05) is 37.9 Å². The van der Waals surface area contributed by atoms with Gasteiger partial charge in [-0.3, -0.25) is 9.52 Å². The molecule has 0 aliphatic rings. The molecule has 0 aromatic rings. The fourth-order valence-electron chi connectivity index (χ4n) is 0.0632. The number of azide groups is 2. The van der Waals surface area contributed by atoms with Gasteiger partial charge in [0.15, 0.2) is 0 Å². The smallest absolute Gasteiger partial charge is 0.662 e. The normalized spacial score (nSPS) is 4.65. The van der Waals surface area contributed by atoms with Crippen LogP contribution in [-0.2, 0) is 9.68 Å². The third kappa shape index (κ3) is 144. The summed E-state index contributed by atoms with van der Waals surface area (Å²) >= 11 is 3.54. The van der Waals surface area contributed by atoms with Crippen LogP contribution in [0.25, 0.3) is 20.9 Å². The molecule has 0 rings (SSSR count). The van der Waals surface area contributed by atoms with E-state index in [4.69, 9.17) is 21.1 Å². The van der Waals surface area contributed by atoms with Crippen molar-refractivity contribution >= 4 is 19.3 Å². The summed E-state index contributed by atoms with van der Waals surface area (Å²) in [6.45, 7) is 0.0552. The van der Waals surface area contributed by atoms with Crippen molar-refractivity contribution in [3.05, 3.63) is 20.9 Å². The van der Waals surface area contributed by atoms with Crippen LogP contribution in [0.4, 0.5) is 0 Å². The van der Waals surface area contributed by atoms with Gasteiger partial charge in [-0.25, -0.2) is 0 Å². The molecule has 0 fully saturated rings. The second-order valence-electron chi connectivity index (χ2n) is 1.03. The second-order valence-corrected chi connectivity index (χ2v) is 1.35. The number of carbonyl (C=O) groups is 1. The second kappa shape index (κ2) is 58.5. The Hall–Kier alpha value is -0.640. The zero-order valence-electron chi connectivity index (χ0n) is 8.14. The number of thiol groups is 1. The van der Waals surface area contributed by atoms with Crippen molar-refractivity contribution in [2.75, 3.05) is 13.7 Å². The molecule has 10 nitrogen and oxygen atoms in total. The third-order valence-electron chi connectivity index (χ3n) is 0.333. The van der Waals surface area contributed by atoms with Gasteiger partial charge < -0.3 is 10.1 Å². The first-order chi connectivity index (χ1) is 6.74. The van der Waals surface area contributed by atoms with Gasteiger partial charge in [0.1, 0.15) is 0 Å². The fraction of sp³-hybridized carbons (Fsp3) is 0.800. The first kappa shape index (κ1) is 36.0. The van der Waals surface area contributed by atoms with Crippen LogP contribution in [-0.4, -0.2) is 20.2 Å². The van der Waals surface area contributed by atoms with Crippen molar-refractivity contribution in [1.29, 1.82) is 0 Å². The van der Waals surface area contributed by atoms with Crippen LogP contribution < -0.4 is 39.5 Å². The molecule has 0 saturated carbocycles. The quantitative estimate of drug-likeness (QED) is 0.0922. The molecule has 1 N–H and O–H groups in total. The van der Waals surface area contributed by atoms with Gasteiger partial charge in [0.05, 0.1) is 6.67 Å². The van der Waals surface area contributed by atoms with Crippen LogP contribution in [0, 0.1) is 0 Å². The molecule has 0 aliphatic carbocycles. The Bertz CT molecular complexity index is 208. The maximum absolute atomic E-state index is 8.64. The van der Waals surface area contributed by atoms with Gasteiger partial charge in [0, 0.05) is 16.9 Å². The van der Waals surface area contributed by atoms with Crippen LogP contribution in [0.15, 0.2) is 10.2 Å². The molecular weight excluding hydrogens is 261 g/mol. The largest absolute Gasteiger partial charge is 1.00 e. The Morgan fingerprint density at radius 1 is 1.47 bits per heavy atom. The number of hydrogen-bond acceptors (Lipinski definition) is 7. The summed E-state index contributed by atoms with van der Waals surface area (Å²) in [7, 11) is 1.39. The average Bonchev–Trinajstić information content (AvgIpc) is 2.27. The molecule has 0 saturated heterocycles. The molecule has 0 atom stereocenters. The monoisotopic (exact) mass is 277 g/mol. The first-order valence-corrected chi connectivity index (χ1v) is 3.23. The Morgan fingerprint density at radius 2 is 1.82 bits per heavy atom. The number of rotatable bonds is 3. The van der Waals surface area contributed by atoms with E-state index >= 15 is 0 Å². The zero-order chi connectivity index (χ0) is 11.7. The van der Waals surface area contributed by atoms with E-state index in [0.29, 0.717) is 0 Å². The molecule has 0 unspecified atom stereocenters. The van der Waals surface area contributed by atoms with Crippen LogP contribution in [0.2, 0.25) is 0 Å². The fourth-order valence-corrected chi connectivity index (χ4v) is 0.126. The number of nitrogens with one attached hydrogen (secondary N) is 1. The van der Waals surface area contributed by atoms with E-state index < -0.39 is 0 Å². The molecule has 0 aromatic heterocycles. The van der Waals surface area contributed by atoms with Crippen molar-refractivity contribution in [3.8, 4) is 0 Å². The Morgan fingerprint density at radius 3 is 1.88 bits per heavy atom. The standard InChI is InChI=1S/CH4N4S.CH3N3.CH2O3.2CH4.Na/c2-5-3-1-4-6;1-3-4-2;2-1-4-3;;;/h4,6H,1H2;1H3;1,3H;2*1H4;/q;;;;;+1/p-1. The summed E-state index contributed by atoms with van der Waals surface area (Å²) in [6.07, 6.45) is 0. The molecule has 12 heteroatoms. The molecule has 96 valence electrons. The summed E-state index contributed by atoms with van der Waals surface area (Å²) < 4.78 is 2.34. The number of hydrogen-bond donors (Lipinski definition) is 2. The molecule has 0 aliphatic heterocycles. The zero-order valence-corrected chi connectivity index (χ0v) is 11.0. The van der Waals surface area contributed by atoms with Crippen LogP contribution in [0.1, 0.15) is 14.9 Å². The minimum Gasteiger partial charge on any atom is -0.662 e. The van der Waals surface area contributed by atoms with Gasteiger partial charge >= 0.3 is 29.6 Å².